The van der Waals surface area contributed by atoms with Crippen molar-refractivity contribution < 1.29 is 9.52 Å². The first kappa shape index (κ1) is 10.4. The molecule has 82 valence electrons. The number of benzene rings is 1. The molecule has 0 saturated heterocycles. The van der Waals surface area contributed by atoms with Crippen LogP contribution in [0.1, 0.15) is 12.6 Å². The molecule has 1 aromatic carbocycles. The van der Waals surface area contributed by atoms with E-state index in [1.54, 1.807) is 0 Å². The second-order valence-corrected chi connectivity index (χ2v) is 3.20. The molecule has 0 radical (unpaired) electrons. The SMILES string of the molecule is CCN=Cc1nc(-c2ccccc2)oc1O. The van der Waals surface area contributed by atoms with Crippen molar-refractivity contribution in [3.8, 4) is 17.4 Å². The zero-order valence-corrected chi connectivity index (χ0v) is 8.92. The van der Waals surface area contributed by atoms with Gasteiger partial charge in [0.25, 0.3) is 0 Å². The highest BCUT2D eigenvalue weighted by molar-refractivity contribution is 5.80. The molecule has 1 aromatic heterocycles. The highest BCUT2D eigenvalue weighted by Gasteiger charge is 2.11. The van der Waals surface area contributed by atoms with E-state index in [1.807, 2.05) is 37.3 Å². The van der Waals surface area contributed by atoms with Crippen LogP contribution >= 0.6 is 0 Å². The summed E-state index contributed by atoms with van der Waals surface area (Å²) in [6.07, 6.45) is 1.51. The van der Waals surface area contributed by atoms with Gasteiger partial charge >= 0.3 is 5.95 Å². The Kier molecular flexibility index (Phi) is 3.00. The van der Waals surface area contributed by atoms with Gasteiger partial charge in [0.15, 0.2) is 5.69 Å². The number of hydrogen-bond acceptors (Lipinski definition) is 4. The molecule has 0 bridgehead atoms. The number of aromatic hydroxyl groups is 1. The molecule has 1 N–H and O–H groups in total. The Morgan fingerprint density at radius 1 is 1.38 bits per heavy atom. The Morgan fingerprint density at radius 3 is 2.81 bits per heavy atom. The van der Waals surface area contributed by atoms with E-state index >= 15 is 0 Å². The first-order chi connectivity index (χ1) is 7.81. The summed E-state index contributed by atoms with van der Waals surface area (Å²) in [5.74, 6) is 0.201. The molecule has 0 amide bonds. The molecular formula is C12H12N2O2. The monoisotopic (exact) mass is 216 g/mol. The maximum Gasteiger partial charge on any atom is 0.312 e. The molecule has 0 atom stereocenters. The molecule has 2 aromatic rings. The highest BCUT2D eigenvalue weighted by Crippen LogP contribution is 2.24. The highest BCUT2D eigenvalue weighted by atomic mass is 16.5. The van der Waals surface area contributed by atoms with E-state index in [4.69, 9.17) is 4.42 Å². The van der Waals surface area contributed by atoms with Crippen molar-refractivity contribution >= 4 is 6.21 Å². The second-order valence-electron chi connectivity index (χ2n) is 3.20. The van der Waals surface area contributed by atoms with Crippen LogP contribution in [0.3, 0.4) is 0 Å². The number of aromatic nitrogens is 1. The van der Waals surface area contributed by atoms with Crippen LogP contribution in [0.4, 0.5) is 0 Å². The Bertz CT molecular complexity index is 489. The van der Waals surface area contributed by atoms with E-state index in [2.05, 4.69) is 9.98 Å². The predicted molar refractivity (Wildman–Crippen MR) is 61.7 cm³/mol. The molecule has 4 heteroatoms. The summed E-state index contributed by atoms with van der Waals surface area (Å²) in [4.78, 5) is 8.15. The van der Waals surface area contributed by atoms with Crippen LogP contribution < -0.4 is 0 Å². The zero-order chi connectivity index (χ0) is 11.4. The molecule has 4 nitrogen and oxygen atoms in total. The van der Waals surface area contributed by atoms with E-state index in [-0.39, 0.29) is 5.95 Å². The number of hydrogen-bond donors (Lipinski definition) is 1. The Balaban J connectivity index is 2.35. The predicted octanol–water partition coefficient (Wildman–Crippen LogP) is 2.49. The van der Waals surface area contributed by atoms with Crippen molar-refractivity contribution in [3.05, 3.63) is 36.0 Å². The molecular weight excluding hydrogens is 204 g/mol. The van der Waals surface area contributed by atoms with Gasteiger partial charge in [-0.1, -0.05) is 18.2 Å². The van der Waals surface area contributed by atoms with Gasteiger partial charge in [0.1, 0.15) is 0 Å². The third-order valence-electron chi connectivity index (χ3n) is 2.05. The minimum Gasteiger partial charge on any atom is -0.479 e. The third kappa shape index (κ3) is 2.11. The van der Waals surface area contributed by atoms with Crippen LogP contribution in [0, 0.1) is 0 Å². The normalized spacial score (nSPS) is 11.1. The number of oxazole rings is 1. The van der Waals surface area contributed by atoms with Gasteiger partial charge in [-0.15, -0.1) is 0 Å². The molecule has 0 saturated carbocycles. The number of nitrogens with zero attached hydrogens (tertiary/aromatic N) is 2. The van der Waals surface area contributed by atoms with Gasteiger partial charge in [-0.2, -0.15) is 0 Å². The van der Waals surface area contributed by atoms with Crippen molar-refractivity contribution in [1.29, 1.82) is 0 Å². The standard InChI is InChI=1S/C12H12N2O2/c1-2-13-8-10-12(15)16-11(14-10)9-6-4-3-5-7-9/h3-8,15H,2H2,1H3. The summed E-state index contributed by atoms with van der Waals surface area (Å²) in [5, 5.41) is 9.50. The molecule has 0 spiro atoms. The smallest absolute Gasteiger partial charge is 0.312 e. The molecule has 1 heterocycles. The molecule has 0 aliphatic rings. The number of aliphatic imine (C=N–C) groups is 1. The lowest BCUT2D eigenvalue weighted by molar-refractivity contribution is 0.337. The van der Waals surface area contributed by atoms with E-state index < -0.39 is 0 Å². The van der Waals surface area contributed by atoms with Crippen molar-refractivity contribution in [2.45, 2.75) is 6.92 Å². The van der Waals surface area contributed by atoms with Gasteiger partial charge in [0.05, 0.1) is 6.21 Å². The Morgan fingerprint density at radius 2 is 2.12 bits per heavy atom. The minimum atomic E-state index is -0.198. The molecule has 2 rings (SSSR count). The third-order valence-corrected chi connectivity index (χ3v) is 2.05. The van der Waals surface area contributed by atoms with E-state index in [0.29, 0.717) is 18.1 Å². The van der Waals surface area contributed by atoms with E-state index in [9.17, 15) is 5.11 Å². The van der Waals surface area contributed by atoms with Crippen molar-refractivity contribution in [3.63, 3.8) is 0 Å². The summed E-state index contributed by atoms with van der Waals surface area (Å²) < 4.78 is 5.15. The quantitative estimate of drug-likeness (QED) is 0.802. The van der Waals surface area contributed by atoms with Crippen molar-refractivity contribution in [1.82, 2.24) is 4.98 Å². The first-order valence-corrected chi connectivity index (χ1v) is 5.06. The topological polar surface area (TPSA) is 58.6 Å². The summed E-state index contributed by atoms with van der Waals surface area (Å²) in [5.41, 5.74) is 1.19. The Hall–Kier alpha value is -2.10. The van der Waals surface area contributed by atoms with Crippen molar-refractivity contribution in [2.75, 3.05) is 6.54 Å². The van der Waals surface area contributed by atoms with Crippen LogP contribution in [0.5, 0.6) is 5.95 Å². The van der Waals surface area contributed by atoms with Crippen LogP contribution in [0.15, 0.2) is 39.7 Å². The summed E-state index contributed by atoms with van der Waals surface area (Å²) in [6.45, 7) is 2.55. The van der Waals surface area contributed by atoms with Gasteiger partial charge in [-0.25, -0.2) is 4.98 Å². The van der Waals surface area contributed by atoms with E-state index in [0.717, 1.165) is 5.56 Å². The van der Waals surface area contributed by atoms with Gasteiger partial charge in [-0.3, -0.25) is 4.99 Å². The summed E-state index contributed by atoms with van der Waals surface area (Å²) in [6, 6.07) is 9.41. The number of rotatable bonds is 3. The largest absolute Gasteiger partial charge is 0.479 e. The molecule has 0 fully saturated rings. The fraction of sp³-hybridized carbons (Fsp3) is 0.167. The van der Waals surface area contributed by atoms with E-state index in [1.165, 1.54) is 6.21 Å². The lowest BCUT2D eigenvalue weighted by atomic mass is 10.2. The van der Waals surface area contributed by atoms with Crippen LogP contribution in [-0.4, -0.2) is 22.8 Å². The second kappa shape index (κ2) is 4.61. The maximum absolute atomic E-state index is 9.50. The van der Waals surface area contributed by atoms with Gasteiger partial charge in [0, 0.05) is 12.1 Å². The summed E-state index contributed by atoms with van der Waals surface area (Å²) >= 11 is 0. The van der Waals surface area contributed by atoms with Crippen LogP contribution in [0.2, 0.25) is 0 Å². The molecule has 16 heavy (non-hydrogen) atoms. The minimum absolute atomic E-state index is 0.198. The van der Waals surface area contributed by atoms with Gasteiger partial charge in [-0.05, 0) is 19.1 Å². The fourth-order valence-corrected chi connectivity index (χ4v) is 1.29. The average Bonchev–Trinajstić information content (AvgIpc) is 2.69. The molecule has 0 aliphatic heterocycles. The Labute approximate surface area is 93.3 Å². The fourth-order valence-electron chi connectivity index (χ4n) is 1.29. The van der Waals surface area contributed by atoms with Gasteiger partial charge in [0.2, 0.25) is 5.89 Å². The van der Waals surface area contributed by atoms with Crippen LogP contribution in [0.25, 0.3) is 11.5 Å². The van der Waals surface area contributed by atoms with Crippen molar-refractivity contribution in [2.24, 2.45) is 4.99 Å². The van der Waals surface area contributed by atoms with Crippen LogP contribution in [-0.2, 0) is 0 Å². The maximum atomic E-state index is 9.50. The average molecular weight is 216 g/mol. The zero-order valence-electron chi connectivity index (χ0n) is 8.92. The van der Waals surface area contributed by atoms with Gasteiger partial charge < -0.3 is 9.52 Å². The lowest BCUT2D eigenvalue weighted by Gasteiger charge is -1.91. The summed E-state index contributed by atoms with van der Waals surface area (Å²) in [7, 11) is 0. The molecule has 0 unspecified atom stereocenters. The molecule has 0 aliphatic carbocycles. The lowest BCUT2D eigenvalue weighted by Crippen LogP contribution is -1.83. The first-order valence-electron chi connectivity index (χ1n) is 5.06.